The summed E-state index contributed by atoms with van der Waals surface area (Å²) in [7, 11) is -12.0. The molecule has 0 saturated carbocycles. The van der Waals surface area contributed by atoms with Crippen LogP contribution in [0.4, 0.5) is 17.1 Å². The molecular formula is C85H88ClN3O12S6. The molecule has 0 aliphatic carbocycles. The Morgan fingerprint density at radius 1 is 0.467 bits per heavy atom. The predicted octanol–water partition coefficient (Wildman–Crippen LogP) is 23.1. The highest BCUT2D eigenvalue weighted by atomic mass is 35.5. The van der Waals surface area contributed by atoms with Crippen LogP contribution in [0.1, 0.15) is 121 Å². The number of thioether (sulfide) groups is 2. The zero-order chi connectivity index (χ0) is 76.2. The van der Waals surface area contributed by atoms with Crippen LogP contribution < -0.4 is 19.4 Å². The SMILES string of the molecule is CCC(=Cc1oc2ccc(C)cc2c1C)/C=C1\Sc2cc(C)c(C)cc2N1CCCCS(=O)(=O)O.CCC(=Cc1oc2ccc(C)cc2c1C)/C=C1\Sc2ccc3ccccc3c2N1CCCS(=O)(=O)O.CCC(=Cc1sc2ccc(Cl)cc2c1C)/C=C1\Oc2ccc3ccccc3c2N1CCCS(=O)(=O)O. The Balaban J connectivity index is 0.000000150. The lowest BCUT2D eigenvalue weighted by molar-refractivity contribution is 0.436. The number of ether oxygens (including phenoxy) is 1. The van der Waals surface area contributed by atoms with Crippen LogP contribution in [0.5, 0.6) is 5.75 Å². The molecule has 3 aliphatic rings. The molecular weight excluding hydrogens is 1480 g/mol. The van der Waals surface area contributed by atoms with Crippen molar-refractivity contribution in [2.75, 3.05) is 51.6 Å². The summed E-state index contributed by atoms with van der Waals surface area (Å²) >= 11 is 11.4. The zero-order valence-corrected chi connectivity index (χ0v) is 67.3. The van der Waals surface area contributed by atoms with Crippen LogP contribution in [-0.2, 0) is 30.4 Å². The van der Waals surface area contributed by atoms with E-state index in [1.807, 2.05) is 83.8 Å². The summed E-state index contributed by atoms with van der Waals surface area (Å²) in [6.45, 7) is 22.6. The van der Waals surface area contributed by atoms with E-state index in [2.05, 4.69) is 176 Å². The first-order valence-corrected chi connectivity index (χ1v) is 43.5. The number of benzene rings is 8. The van der Waals surface area contributed by atoms with Crippen molar-refractivity contribution >= 4 is 166 Å². The fourth-order valence-corrected chi connectivity index (χ4v) is 18.8. The number of nitrogens with zero attached hydrogens (tertiary/aromatic N) is 3. The molecule has 0 amide bonds. The van der Waals surface area contributed by atoms with Gasteiger partial charge in [0.2, 0.25) is 5.88 Å². The van der Waals surface area contributed by atoms with Crippen LogP contribution >= 0.6 is 46.5 Å². The van der Waals surface area contributed by atoms with Crippen LogP contribution in [0.15, 0.2) is 209 Å². The van der Waals surface area contributed by atoms with E-state index in [1.54, 1.807) is 34.9 Å². The van der Waals surface area contributed by atoms with Crippen molar-refractivity contribution in [1.29, 1.82) is 0 Å². The van der Waals surface area contributed by atoms with Crippen molar-refractivity contribution in [2.45, 2.75) is 124 Å². The average Bonchev–Trinajstić information content (AvgIpc) is 1.63. The molecule has 0 fully saturated rings. The molecule has 0 spiro atoms. The lowest BCUT2D eigenvalue weighted by atomic mass is 10.1. The molecule has 558 valence electrons. The highest BCUT2D eigenvalue weighted by molar-refractivity contribution is 8.04. The number of anilines is 3. The summed E-state index contributed by atoms with van der Waals surface area (Å²) in [5.74, 6) is 2.32. The third kappa shape index (κ3) is 18.7. The first kappa shape index (κ1) is 78.3. The van der Waals surface area contributed by atoms with Gasteiger partial charge in [-0.1, -0.05) is 140 Å². The minimum atomic E-state index is -4.05. The van der Waals surface area contributed by atoms with E-state index in [4.69, 9.17) is 29.7 Å². The van der Waals surface area contributed by atoms with E-state index < -0.39 is 30.4 Å². The van der Waals surface area contributed by atoms with Gasteiger partial charge < -0.3 is 28.3 Å². The lowest BCUT2D eigenvalue weighted by Gasteiger charge is -2.22. The molecule has 8 aromatic carbocycles. The maximum Gasteiger partial charge on any atom is 0.264 e. The minimum Gasteiger partial charge on any atom is -0.456 e. The van der Waals surface area contributed by atoms with Gasteiger partial charge in [-0.3, -0.25) is 13.7 Å². The van der Waals surface area contributed by atoms with Crippen LogP contribution in [0.2, 0.25) is 5.02 Å². The highest BCUT2D eigenvalue weighted by Gasteiger charge is 2.31. The fraction of sp³-hybridized carbons (Fsp3) is 0.271. The van der Waals surface area contributed by atoms with Gasteiger partial charge in [0.15, 0.2) is 5.75 Å². The van der Waals surface area contributed by atoms with Gasteiger partial charge in [0.1, 0.15) is 22.7 Å². The molecule has 107 heavy (non-hydrogen) atoms. The quantitative estimate of drug-likeness (QED) is 0.0426. The van der Waals surface area contributed by atoms with Gasteiger partial charge in [-0.2, -0.15) is 25.3 Å². The summed E-state index contributed by atoms with van der Waals surface area (Å²) in [5.41, 5.74) is 16.7. The monoisotopic (exact) mass is 1570 g/mol. The molecule has 15 nitrogen and oxygen atoms in total. The molecule has 14 rings (SSSR count). The number of halogens is 1. The summed E-state index contributed by atoms with van der Waals surface area (Å²) < 4.78 is 115. The number of aryl methyl sites for hydroxylation is 7. The van der Waals surface area contributed by atoms with Crippen molar-refractivity contribution < 1.29 is 52.5 Å². The number of hydrogen-bond donors (Lipinski definition) is 3. The average molecular weight is 1570 g/mol. The number of unbranched alkanes of at least 4 members (excludes halogenated alkanes) is 1. The van der Waals surface area contributed by atoms with Gasteiger partial charge in [-0.05, 0) is 240 Å². The second-order valence-electron chi connectivity index (χ2n) is 27.3. The zero-order valence-electron chi connectivity index (χ0n) is 61.6. The number of fused-ring (bicyclic) bond motifs is 10. The summed E-state index contributed by atoms with van der Waals surface area (Å²) in [5, 5.41) is 10.7. The van der Waals surface area contributed by atoms with Gasteiger partial charge >= 0.3 is 0 Å². The molecule has 11 aromatic rings. The molecule has 3 aliphatic heterocycles. The minimum absolute atomic E-state index is 0.211. The Kier molecular flexibility index (Phi) is 24.3. The van der Waals surface area contributed by atoms with E-state index in [0.717, 1.165) is 150 Å². The van der Waals surface area contributed by atoms with Crippen molar-refractivity contribution in [1.82, 2.24) is 0 Å². The van der Waals surface area contributed by atoms with Gasteiger partial charge in [0.25, 0.3) is 30.4 Å². The Bertz CT molecular complexity index is 5580. The summed E-state index contributed by atoms with van der Waals surface area (Å²) in [6, 6.07) is 47.4. The third-order valence-corrected chi connectivity index (χ3v) is 25.5. The molecule has 0 saturated heterocycles. The van der Waals surface area contributed by atoms with E-state index in [-0.39, 0.29) is 23.7 Å². The van der Waals surface area contributed by atoms with Gasteiger partial charge in [-0.25, -0.2) is 0 Å². The van der Waals surface area contributed by atoms with E-state index in [1.165, 1.54) is 42.3 Å². The maximum absolute atomic E-state index is 11.4. The number of furan rings is 2. The number of allylic oxidation sites excluding steroid dienone is 6. The summed E-state index contributed by atoms with van der Waals surface area (Å²) in [4.78, 5) is 9.99. The molecule has 3 N–H and O–H groups in total. The molecule has 22 heteroatoms. The highest BCUT2D eigenvalue weighted by Crippen LogP contribution is 2.52. The van der Waals surface area contributed by atoms with Crippen LogP contribution in [0.3, 0.4) is 0 Å². The Hall–Kier alpha value is -8.32. The predicted molar refractivity (Wildman–Crippen MR) is 448 cm³/mol. The fourth-order valence-electron chi connectivity index (χ4n) is 13.5. The van der Waals surface area contributed by atoms with Crippen molar-refractivity contribution in [3.05, 3.63) is 251 Å². The lowest BCUT2D eigenvalue weighted by Crippen LogP contribution is -2.24. The van der Waals surface area contributed by atoms with Crippen LogP contribution in [0, 0.1) is 48.5 Å². The number of hydrogen-bond acceptors (Lipinski definition) is 15. The smallest absolute Gasteiger partial charge is 0.264 e. The molecule has 0 radical (unpaired) electrons. The molecule has 6 heterocycles. The Morgan fingerprint density at radius 2 is 0.972 bits per heavy atom. The van der Waals surface area contributed by atoms with E-state index in [0.29, 0.717) is 44.8 Å². The van der Waals surface area contributed by atoms with Gasteiger partial charge in [-0.15, -0.1) is 11.3 Å². The van der Waals surface area contributed by atoms with Crippen molar-refractivity contribution in [3.63, 3.8) is 0 Å². The topological polar surface area (TPSA) is 208 Å². The van der Waals surface area contributed by atoms with Crippen molar-refractivity contribution in [2.24, 2.45) is 0 Å². The largest absolute Gasteiger partial charge is 0.456 e. The second kappa shape index (κ2) is 33.3. The Labute approximate surface area is 645 Å². The first-order valence-electron chi connectivity index (χ1n) is 35.8. The summed E-state index contributed by atoms with van der Waals surface area (Å²) in [6.07, 6.45) is 17.0. The number of rotatable bonds is 22. The molecule has 0 bridgehead atoms. The standard InChI is InChI=1S/C29H29NO4S2.C28H26ClNO4S2.C28H33NO4S2/c1-4-21(17-26-20(3)24-16-19(2)10-12-25(24)34-26)18-28-30(14-7-15-36(31,32)33)29-23-9-6-5-8-22(23)11-13-27(29)35-28;1-3-19(15-26-18(2)23-17-21(29)10-12-25(23)35-26)16-27-30(13-6-14-36(31,32)33)28-22-8-5-4-7-20(22)9-11-24(28)34-27;1-6-22(16-26-21(5)23-13-18(2)9-10-25(23)33-26)17-28-29(11-7-8-12-35(30,31)32)24-14-19(3)20(4)15-27(24)34-28/h5-6,8-13,16-18H,4,7,14-15H2,1-3H3,(H,31,32,33);4-5,7-12,15-17H,3,6,13-14H2,1-2H3,(H,31,32,33);9-10,13-17H,6-8,11-12H2,1-5H3,(H,30,31,32)/b21-17?,28-18-;19-15?,27-16-;22-16?,28-17-. The number of thiophene rings is 1. The van der Waals surface area contributed by atoms with Crippen LogP contribution in [-0.4, -0.2) is 75.8 Å². The van der Waals surface area contributed by atoms with Gasteiger partial charge in [0, 0.05) is 82.8 Å². The van der Waals surface area contributed by atoms with Crippen molar-refractivity contribution in [3.8, 4) is 5.75 Å². The van der Waals surface area contributed by atoms with Crippen LogP contribution in [0.25, 0.3) is 71.8 Å². The van der Waals surface area contributed by atoms with E-state index >= 15 is 0 Å². The van der Waals surface area contributed by atoms with E-state index in [9.17, 15) is 34.4 Å². The second-order valence-corrected chi connectivity index (χ2v) is 35.6. The molecule has 0 unspecified atom stereocenters. The molecule has 0 atom stereocenters. The third-order valence-electron chi connectivity index (χ3n) is 19.5. The first-order chi connectivity index (χ1) is 51.0. The Morgan fingerprint density at radius 3 is 1.55 bits per heavy atom. The van der Waals surface area contributed by atoms with Gasteiger partial charge in [0.05, 0.1) is 44.4 Å². The molecule has 3 aromatic heterocycles. The maximum atomic E-state index is 11.4. The normalized spacial score (nSPS) is 15.3.